The Morgan fingerprint density at radius 2 is 2.16 bits per heavy atom. The molecule has 2 aromatic heterocycles. The second-order valence-electron chi connectivity index (χ2n) is 6.28. The highest BCUT2D eigenvalue weighted by molar-refractivity contribution is 7.18. The molecule has 0 atom stereocenters. The van der Waals surface area contributed by atoms with Crippen LogP contribution >= 0.6 is 11.3 Å². The molecule has 3 heterocycles. The van der Waals surface area contributed by atoms with Crippen molar-refractivity contribution >= 4 is 44.7 Å². The Morgan fingerprint density at radius 1 is 1.28 bits per heavy atom. The van der Waals surface area contributed by atoms with Crippen molar-refractivity contribution in [2.24, 2.45) is 0 Å². The van der Waals surface area contributed by atoms with E-state index < -0.39 is 0 Å². The number of aromatic nitrogens is 2. The van der Waals surface area contributed by atoms with Gasteiger partial charge in [0.1, 0.15) is 17.0 Å². The summed E-state index contributed by atoms with van der Waals surface area (Å²) >= 11 is 1.71. The first-order valence-electron chi connectivity index (χ1n) is 8.57. The van der Waals surface area contributed by atoms with Crippen molar-refractivity contribution in [2.45, 2.75) is 33.1 Å². The molecule has 1 aliphatic rings. The van der Waals surface area contributed by atoms with E-state index in [0.29, 0.717) is 6.42 Å². The molecule has 1 fully saturated rings. The number of hydrogen-bond donors (Lipinski definition) is 1. The average molecular weight is 352 g/mol. The van der Waals surface area contributed by atoms with Crippen LogP contribution in [0.15, 0.2) is 30.6 Å². The van der Waals surface area contributed by atoms with Crippen molar-refractivity contribution in [3.8, 4) is 0 Å². The molecular formula is C19H20N4OS. The molecular weight excluding hydrogens is 332 g/mol. The Hall–Kier alpha value is -2.47. The van der Waals surface area contributed by atoms with E-state index in [-0.39, 0.29) is 5.91 Å². The standard InChI is InChI=1S/C19H20N4OS/c1-3-14-10-15-18(20-11-21-19(15)25-14)22-13-6-7-16(12(2)9-13)23-8-4-5-17(23)24/h6-7,9-11H,3-5,8H2,1-2H3,(H,20,21,22). The molecule has 0 unspecified atom stereocenters. The zero-order chi connectivity index (χ0) is 17.4. The lowest BCUT2D eigenvalue weighted by Gasteiger charge is -2.19. The zero-order valence-electron chi connectivity index (χ0n) is 14.4. The van der Waals surface area contributed by atoms with Gasteiger partial charge in [-0.25, -0.2) is 9.97 Å². The molecule has 128 valence electrons. The van der Waals surface area contributed by atoms with Crippen LogP contribution in [0.5, 0.6) is 0 Å². The van der Waals surface area contributed by atoms with Crippen LogP contribution in [0.3, 0.4) is 0 Å². The molecule has 1 aliphatic heterocycles. The van der Waals surface area contributed by atoms with Crippen molar-refractivity contribution < 1.29 is 4.79 Å². The maximum absolute atomic E-state index is 12.0. The molecule has 4 rings (SSSR count). The summed E-state index contributed by atoms with van der Waals surface area (Å²) in [5.74, 6) is 1.04. The SMILES string of the molecule is CCc1cc2c(Nc3ccc(N4CCCC4=O)c(C)c3)ncnc2s1. The normalized spacial score (nSPS) is 14.5. The van der Waals surface area contributed by atoms with E-state index in [1.54, 1.807) is 17.7 Å². The predicted molar refractivity (Wildman–Crippen MR) is 103 cm³/mol. The average Bonchev–Trinajstić information content (AvgIpc) is 3.21. The number of thiophene rings is 1. The first kappa shape index (κ1) is 16.0. The number of nitrogens with zero attached hydrogens (tertiary/aromatic N) is 3. The number of nitrogens with one attached hydrogen (secondary N) is 1. The number of benzene rings is 1. The fourth-order valence-electron chi connectivity index (χ4n) is 3.25. The molecule has 0 saturated carbocycles. The van der Waals surface area contributed by atoms with Crippen LogP contribution in [-0.2, 0) is 11.2 Å². The van der Waals surface area contributed by atoms with Crippen molar-refractivity contribution in [3.63, 3.8) is 0 Å². The summed E-state index contributed by atoms with van der Waals surface area (Å²) in [6, 6.07) is 8.26. The van der Waals surface area contributed by atoms with Crippen LogP contribution in [0.1, 0.15) is 30.2 Å². The van der Waals surface area contributed by atoms with Gasteiger partial charge in [-0.2, -0.15) is 0 Å². The minimum absolute atomic E-state index is 0.215. The molecule has 0 bridgehead atoms. The molecule has 1 saturated heterocycles. The second kappa shape index (κ2) is 6.44. The van der Waals surface area contributed by atoms with Crippen molar-refractivity contribution in [3.05, 3.63) is 41.0 Å². The van der Waals surface area contributed by atoms with E-state index in [2.05, 4.69) is 34.3 Å². The molecule has 0 radical (unpaired) electrons. The molecule has 25 heavy (non-hydrogen) atoms. The summed E-state index contributed by atoms with van der Waals surface area (Å²) in [7, 11) is 0. The first-order valence-corrected chi connectivity index (χ1v) is 9.39. The summed E-state index contributed by atoms with van der Waals surface area (Å²) in [5, 5.41) is 4.46. The Morgan fingerprint density at radius 3 is 2.88 bits per heavy atom. The van der Waals surface area contributed by atoms with Gasteiger partial charge in [-0.3, -0.25) is 4.79 Å². The third-order valence-electron chi connectivity index (χ3n) is 4.55. The summed E-state index contributed by atoms with van der Waals surface area (Å²) in [6.07, 6.45) is 4.19. The highest BCUT2D eigenvalue weighted by atomic mass is 32.1. The number of hydrogen-bond acceptors (Lipinski definition) is 5. The Kier molecular flexibility index (Phi) is 4.13. The van der Waals surface area contributed by atoms with Gasteiger partial charge in [-0.1, -0.05) is 6.92 Å². The van der Waals surface area contributed by atoms with Crippen LogP contribution in [-0.4, -0.2) is 22.4 Å². The summed E-state index contributed by atoms with van der Waals surface area (Å²) in [4.78, 5) is 24.9. The Balaban J connectivity index is 1.64. The lowest BCUT2D eigenvalue weighted by molar-refractivity contribution is -0.117. The van der Waals surface area contributed by atoms with Gasteiger partial charge in [-0.15, -0.1) is 11.3 Å². The molecule has 5 nitrogen and oxygen atoms in total. The van der Waals surface area contributed by atoms with Crippen LogP contribution < -0.4 is 10.2 Å². The third-order valence-corrected chi connectivity index (χ3v) is 5.74. The zero-order valence-corrected chi connectivity index (χ0v) is 15.2. The van der Waals surface area contributed by atoms with Gasteiger partial charge in [-0.05, 0) is 49.6 Å². The molecule has 0 spiro atoms. The maximum atomic E-state index is 12.0. The lowest BCUT2D eigenvalue weighted by atomic mass is 10.1. The highest BCUT2D eigenvalue weighted by Gasteiger charge is 2.23. The van der Waals surface area contributed by atoms with Crippen molar-refractivity contribution in [2.75, 3.05) is 16.8 Å². The van der Waals surface area contributed by atoms with Gasteiger partial charge in [0.2, 0.25) is 5.91 Å². The number of anilines is 3. The third kappa shape index (κ3) is 2.98. The molecule has 1 N–H and O–H groups in total. The molecule has 3 aromatic rings. The van der Waals surface area contributed by atoms with Crippen LogP contribution in [0.2, 0.25) is 0 Å². The van der Waals surface area contributed by atoms with Gasteiger partial charge < -0.3 is 10.2 Å². The highest BCUT2D eigenvalue weighted by Crippen LogP contribution is 2.32. The van der Waals surface area contributed by atoms with E-state index in [0.717, 1.165) is 52.4 Å². The lowest BCUT2D eigenvalue weighted by Crippen LogP contribution is -2.24. The van der Waals surface area contributed by atoms with Gasteiger partial charge >= 0.3 is 0 Å². The van der Waals surface area contributed by atoms with Gasteiger partial charge in [0.05, 0.1) is 5.39 Å². The predicted octanol–water partition coefficient (Wildman–Crippen LogP) is 4.43. The number of fused-ring (bicyclic) bond motifs is 1. The molecule has 1 aromatic carbocycles. The molecule has 0 aliphatic carbocycles. The monoisotopic (exact) mass is 352 g/mol. The van der Waals surface area contributed by atoms with E-state index in [9.17, 15) is 4.79 Å². The number of aryl methyl sites for hydroxylation is 2. The Labute approximate surface area is 150 Å². The number of carbonyl (C=O) groups excluding carboxylic acids is 1. The quantitative estimate of drug-likeness (QED) is 0.754. The topological polar surface area (TPSA) is 58.1 Å². The van der Waals surface area contributed by atoms with E-state index in [1.807, 2.05) is 24.0 Å². The van der Waals surface area contributed by atoms with Crippen LogP contribution in [0.25, 0.3) is 10.2 Å². The Bertz CT molecular complexity index is 950. The molecule has 6 heteroatoms. The molecule has 1 amide bonds. The van der Waals surface area contributed by atoms with E-state index in [1.165, 1.54) is 4.88 Å². The van der Waals surface area contributed by atoms with E-state index >= 15 is 0 Å². The van der Waals surface area contributed by atoms with Gasteiger partial charge in [0, 0.05) is 29.2 Å². The van der Waals surface area contributed by atoms with Crippen molar-refractivity contribution in [1.29, 1.82) is 0 Å². The first-order chi connectivity index (χ1) is 12.2. The van der Waals surface area contributed by atoms with Crippen LogP contribution in [0.4, 0.5) is 17.2 Å². The number of amides is 1. The van der Waals surface area contributed by atoms with Gasteiger partial charge in [0.15, 0.2) is 0 Å². The fraction of sp³-hybridized carbons (Fsp3) is 0.316. The smallest absolute Gasteiger partial charge is 0.227 e. The largest absolute Gasteiger partial charge is 0.340 e. The van der Waals surface area contributed by atoms with Crippen LogP contribution in [0, 0.1) is 6.92 Å². The number of rotatable bonds is 4. The van der Waals surface area contributed by atoms with Crippen molar-refractivity contribution in [1.82, 2.24) is 9.97 Å². The second-order valence-corrected chi connectivity index (χ2v) is 7.40. The summed E-state index contributed by atoms with van der Waals surface area (Å²) in [6.45, 7) is 5.00. The fourth-order valence-corrected chi connectivity index (χ4v) is 4.19. The number of carbonyl (C=O) groups is 1. The minimum Gasteiger partial charge on any atom is -0.340 e. The maximum Gasteiger partial charge on any atom is 0.227 e. The summed E-state index contributed by atoms with van der Waals surface area (Å²) < 4.78 is 0. The minimum atomic E-state index is 0.215. The van der Waals surface area contributed by atoms with Gasteiger partial charge in [0.25, 0.3) is 0 Å². The summed E-state index contributed by atoms with van der Waals surface area (Å²) in [5.41, 5.74) is 3.06. The van der Waals surface area contributed by atoms with E-state index in [4.69, 9.17) is 0 Å².